The van der Waals surface area contributed by atoms with Crippen LogP contribution in [0.3, 0.4) is 0 Å². The fourth-order valence-electron chi connectivity index (χ4n) is 5.72. The molecule has 1 amide bonds. The summed E-state index contributed by atoms with van der Waals surface area (Å²) in [5.41, 5.74) is 1.94. The normalized spacial score (nSPS) is 33.7. The van der Waals surface area contributed by atoms with Gasteiger partial charge < -0.3 is 31.3 Å². The number of carbonyl (C=O) groups excluding carboxylic acids is 3. The molecule has 3 aliphatic carbocycles. The Balaban J connectivity index is 2.07. The number of nitrogens with two attached hydrogens (primary N) is 1. The van der Waals surface area contributed by atoms with Crippen molar-refractivity contribution in [3.8, 4) is 5.75 Å². The molecule has 0 spiro atoms. The minimum atomic E-state index is -2.90. The topological polar surface area (TPSA) is 182 Å². The predicted octanol–water partition coefficient (Wildman–Crippen LogP) is -0.196. The number of ketones is 2. The van der Waals surface area contributed by atoms with E-state index in [-0.39, 0.29) is 11.3 Å². The number of hydrogen-bond acceptors (Lipinski definition) is 9. The molecule has 3 aliphatic rings. The van der Waals surface area contributed by atoms with E-state index < -0.39 is 75.6 Å². The van der Waals surface area contributed by atoms with Crippen LogP contribution in [0.15, 0.2) is 29.0 Å². The van der Waals surface area contributed by atoms with Gasteiger partial charge in [-0.25, -0.2) is 0 Å². The number of rotatable bonds is 2. The molecular formula is C23H26N2O8. The van der Waals surface area contributed by atoms with Crippen molar-refractivity contribution >= 4 is 23.2 Å². The predicted molar refractivity (Wildman–Crippen MR) is 115 cm³/mol. The molecule has 3 unspecified atom stereocenters. The fraction of sp³-hybridized carbons (Fsp3) is 0.435. The van der Waals surface area contributed by atoms with Crippen molar-refractivity contribution in [3.05, 3.63) is 45.7 Å². The zero-order chi connectivity index (χ0) is 24.7. The maximum absolute atomic E-state index is 13.7. The van der Waals surface area contributed by atoms with Gasteiger partial charge in [0, 0.05) is 11.5 Å². The molecule has 1 aromatic rings. The molecule has 4 rings (SSSR count). The van der Waals surface area contributed by atoms with Crippen LogP contribution in [-0.2, 0) is 14.4 Å². The SMILES string of the molecule is Cc1ccc2c(c1O)C(O)=C1C(=O)[C@]3(O)C(O)=C(C(N)=O)C(=O)C(N(C)C)C3[C@@H](O)C1[C@H]2C. The zero-order valence-electron chi connectivity index (χ0n) is 18.5. The second-order valence-corrected chi connectivity index (χ2v) is 9.24. The second-order valence-electron chi connectivity index (χ2n) is 9.24. The standard InChI is InChI=1S/C23H26N2O8/c1-7-5-6-9-8(2)10-12(17(27)11(9)16(7)26)20(30)23(33)14(18(10)28)15(25(3)4)19(29)13(21(23)31)22(24)32/h5-6,8,10,14-15,18,26-28,31,33H,1-4H3,(H2,24,32)/t8-,10?,14?,15?,18-,23-/m0/s1. The lowest BCUT2D eigenvalue weighted by Gasteiger charge is -2.53. The van der Waals surface area contributed by atoms with Gasteiger partial charge in [-0.1, -0.05) is 19.1 Å². The summed E-state index contributed by atoms with van der Waals surface area (Å²) < 4.78 is 0. The number of likely N-dealkylation sites (N-methyl/N-ethyl adjacent to an activating group) is 1. The monoisotopic (exact) mass is 458 g/mol. The number of benzene rings is 1. The maximum atomic E-state index is 13.7. The van der Waals surface area contributed by atoms with Crippen LogP contribution in [0.2, 0.25) is 0 Å². The molecule has 1 aromatic carbocycles. The molecule has 7 N–H and O–H groups in total. The number of aromatic hydroxyl groups is 1. The molecule has 1 saturated carbocycles. The Morgan fingerprint density at radius 3 is 2.30 bits per heavy atom. The molecule has 0 bridgehead atoms. The highest BCUT2D eigenvalue weighted by molar-refractivity contribution is 6.24. The molecule has 0 heterocycles. The average Bonchev–Trinajstić information content (AvgIpc) is 2.72. The lowest BCUT2D eigenvalue weighted by Crippen LogP contribution is -2.70. The third kappa shape index (κ3) is 2.68. The molecule has 33 heavy (non-hydrogen) atoms. The highest BCUT2D eigenvalue weighted by atomic mass is 16.4. The summed E-state index contributed by atoms with van der Waals surface area (Å²) in [6.45, 7) is 3.29. The van der Waals surface area contributed by atoms with Crippen LogP contribution in [0, 0.1) is 18.8 Å². The van der Waals surface area contributed by atoms with Crippen molar-refractivity contribution in [1.29, 1.82) is 0 Å². The number of aliphatic hydroxyl groups excluding tert-OH is 3. The number of nitrogens with zero attached hydrogens (tertiary/aromatic N) is 1. The second kappa shape index (κ2) is 7.14. The van der Waals surface area contributed by atoms with Crippen LogP contribution < -0.4 is 5.73 Å². The number of amides is 1. The largest absolute Gasteiger partial charge is 0.508 e. The first-order valence-electron chi connectivity index (χ1n) is 10.4. The van der Waals surface area contributed by atoms with E-state index >= 15 is 0 Å². The summed E-state index contributed by atoms with van der Waals surface area (Å²) in [5, 5.41) is 55.5. The minimum absolute atomic E-state index is 0.00834. The minimum Gasteiger partial charge on any atom is -0.508 e. The summed E-state index contributed by atoms with van der Waals surface area (Å²) in [6.07, 6.45) is -1.59. The zero-order valence-corrected chi connectivity index (χ0v) is 18.5. The van der Waals surface area contributed by atoms with E-state index in [0.29, 0.717) is 11.1 Å². The summed E-state index contributed by atoms with van der Waals surface area (Å²) in [5.74, 6) is -8.82. The van der Waals surface area contributed by atoms with Crippen molar-refractivity contribution in [2.24, 2.45) is 17.6 Å². The highest BCUT2D eigenvalue weighted by Crippen LogP contribution is 2.56. The Kier molecular flexibility index (Phi) is 4.97. The van der Waals surface area contributed by atoms with Gasteiger partial charge in [-0.2, -0.15) is 0 Å². The summed E-state index contributed by atoms with van der Waals surface area (Å²) in [7, 11) is 2.93. The number of aryl methyl sites for hydroxylation is 1. The summed E-state index contributed by atoms with van der Waals surface area (Å²) in [4.78, 5) is 40.1. The van der Waals surface area contributed by atoms with Gasteiger partial charge in [0.25, 0.3) is 5.91 Å². The van der Waals surface area contributed by atoms with E-state index in [2.05, 4.69) is 0 Å². The van der Waals surface area contributed by atoms with Gasteiger partial charge in [0.15, 0.2) is 11.4 Å². The Hall–Kier alpha value is -3.21. The smallest absolute Gasteiger partial charge is 0.255 e. The molecule has 1 fully saturated rings. The van der Waals surface area contributed by atoms with Gasteiger partial charge in [0.1, 0.15) is 22.8 Å². The average molecular weight is 458 g/mol. The maximum Gasteiger partial charge on any atom is 0.255 e. The van der Waals surface area contributed by atoms with Gasteiger partial charge in [0.05, 0.1) is 23.6 Å². The lowest BCUT2D eigenvalue weighted by atomic mass is 9.54. The molecule has 0 saturated heterocycles. The molecule has 10 heteroatoms. The number of Topliss-reactive ketones (excluding diaryl/α,β-unsaturated/α-hetero) is 2. The fourth-order valence-corrected chi connectivity index (χ4v) is 5.72. The molecule has 10 nitrogen and oxygen atoms in total. The van der Waals surface area contributed by atoms with Crippen LogP contribution >= 0.6 is 0 Å². The van der Waals surface area contributed by atoms with E-state index in [1.54, 1.807) is 26.0 Å². The number of primary amides is 1. The van der Waals surface area contributed by atoms with E-state index in [4.69, 9.17) is 5.73 Å². The van der Waals surface area contributed by atoms with E-state index in [1.165, 1.54) is 19.0 Å². The third-order valence-corrected chi connectivity index (χ3v) is 7.33. The van der Waals surface area contributed by atoms with Crippen molar-refractivity contribution in [2.75, 3.05) is 14.1 Å². The summed E-state index contributed by atoms with van der Waals surface area (Å²) >= 11 is 0. The first-order valence-corrected chi connectivity index (χ1v) is 10.4. The van der Waals surface area contributed by atoms with Crippen molar-refractivity contribution in [2.45, 2.75) is 37.5 Å². The molecule has 6 atom stereocenters. The Labute approximate surface area is 189 Å². The van der Waals surface area contributed by atoms with Crippen LogP contribution in [0.1, 0.15) is 29.5 Å². The molecular weight excluding hydrogens is 432 g/mol. The van der Waals surface area contributed by atoms with Crippen LogP contribution in [-0.4, -0.2) is 79.7 Å². The molecule has 0 aromatic heterocycles. The van der Waals surface area contributed by atoms with Crippen LogP contribution in [0.25, 0.3) is 5.76 Å². The number of phenolic OH excluding ortho intramolecular Hbond substituents is 1. The van der Waals surface area contributed by atoms with Crippen molar-refractivity contribution < 1.29 is 39.9 Å². The Bertz CT molecular complexity index is 1180. The lowest BCUT2D eigenvalue weighted by molar-refractivity contribution is -0.169. The molecule has 176 valence electrons. The first-order chi connectivity index (χ1) is 15.3. The van der Waals surface area contributed by atoms with Gasteiger partial charge in [-0.3, -0.25) is 19.3 Å². The van der Waals surface area contributed by atoms with Crippen molar-refractivity contribution in [1.82, 2.24) is 4.90 Å². The molecule has 0 aliphatic heterocycles. The third-order valence-electron chi connectivity index (χ3n) is 7.33. The first kappa shape index (κ1) is 23.0. The quantitative estimate of drug-likeness (QED) is 0.327. The van der Waals surface area contributed by atoms with Gasteiger partial charge in [-0.05, 0) is 38.1 Å². The van der Waals surface area contributed by atoms with E-state index in [0.717, 1.165) is 0 Å². The van der Waals surface area contributed by atoms with Crippen molar-refractivity contribution in [3.63, 3.8) is 0 Å². The Morgan fingerprint density at radius 2 is 1.76 bits per heavy atom. The summed E-state index contributed by atoms with van der Waals surface area (Å²) in [6, 6.07) is 1.94. The van der Waals surface area contributed by atoms with Gasteiger partial charge in [-0.15, -0.1) is 0 Å². The Morgan fingerprint density at radius 1 is 1.15 bits per heavy atom. The number of hydrogen-bond donors (Lipinski definition) is 6. The van der Waals surface area contributed by atoms with Gasteiger partial charge >= 0.3 is 0 Å². The van der Waals surface area contributed by atoms with Crippen LogP contribution in [0.4, 0.5) is 0 Å². The number of fused-ring (bicyclic) bond motifs is 3. The number of carbonyl (C=O) groups is 3. The van der Waals surface area contributed by atoms with E-state index in [9.17, 15) is 39.9 Å². The number of aliphatic hydroxyl groups is 4. The van der Waals surface area contributed by atoms with Crippen LogP contribution in [0.5, 0.6) is 5.75 Å². The highest BCUT2D eigenvalue weighted by Gasteiger charge is 2.68. The number of phenols is 1. The van der Waals surface area contributed by atoms with Gasteiger partial charge in [0.2, 0.25) is 5.78 Å². The molecule has 0 radical (unpaired) electrons. The van der Waals surface area contributed by atoms with E-state index in [1.807, 2.05) is 0 Å².